The Morgan fingerprint density at radius 3 is 2.29 bits per heavy atom. The molecule has 1 aliphatic heterocycles. The standard InChI is InChI=1S/C17H24N2O2/c1-12-14(20)18-17(5,13-9-7-6-8-10-13)15(21)19(12)11-16(2,3)4/h6-10,12H,11H2,1-5H3,(H,18,20). The summed E-state index contributed by atoms with van der Waals surface area (Å²) in [7, 11) is 0. The Hall–Kier alpha value is -1.84. The number of nitrogens with one attached hydrogen (secondary N) is 1. The fourth-order valence-corrected chi connectivity index (χ4v) is 2.70. The van der Waals surface area contributed by atoms with Crippen molar-refractivity contribution in [3.05, 3.63) is 35.9 Å². The fourth-order valence-electron chi connectivity index (χ4n) is 2.70. The summed E-state index contributed by atoms with van der Waals surface area (Å²) < 4.78 is 0. The van der Waals surface area contributed by atoms with Crippen LogP contribution in [0.2, 0.25) is 0 Å². The molecule has 0 bridgehead atoms. The van der Waals surface area contributed by atoms with Gasteiger partial charge in [0.25, 0.3) is 5.91 Å². The average Bonchev–Trinajstić information content (AvgIpc) is 2.41. The molecule has 1 saturated heterocycles. The molecular weight excluding hydrogens is 264 g/mol. The lowest BCUT2D eigenvalue weighted by Gasteiger charge is -2.45. The zero-order valence-corrected chi connectivity index (χ0v) is 13.4. The number of hydrogen-bond donors (Lipinski definition) is 1. The van der Waals surface area contributed by atoms with Crippen LogP contribution in [0.4, 0.5) is 0 Å². The van der Waals surface area contributed by atoms with Gasteiger partial charge in [-0.2, -0.15) is 0 Å². The van der Waals surface area contributed by atoms with E-state index in [1.54, 1.807) is 18.7 Å². The Kier molecular flexibility index (Phi) is 3.83. The minimum Gasteiger partial charge on any atom is -0.336 e. The van der Waals surface area contributed by atoms with E-state index in [-0.39, 0.29) is 17.2 Å². The van der Waals surface area contributed by atoms with Gasteiger partial charge >= 0.3 is 0 Å². The smallest absolute Gasteiger partial charge is 0.253 e. The highest BCUT2D eigenvalue weighted by Crippen LogP contribution is 2.30. The molecule has 1 aromatic rings. The van der Waals surface area contributed by atoms with Gasteiger partial charge in [0.1, 0.15) is 11.6 Å². The molecule has 1 aliphatic rings. The highest BCUT2D eigenvalue weighted by molar-refractivity contribution is 6.00. The molecule has 0 saturated carbocycles. The number of carbonyl (C=O) groups is 2. The molecule has 0 aromatic heterocycles. The van der Waals surface area contributed by atoms with Crippen LogP contribution in [-0.2, 0) is 15.1 Å². The molecule has 2 amide bonds. The van der Waals surface area contributed by atoms with Gasteiger partial charge in [-0.1, -0.05) is 51.1 Å². The van der Waals surface area contributed by atoms with Gasteiger partial charge in [0.2, 0.25) is 5.91 Å². The summed E-state index contributed by atoms with van der Waals surface area (Å²) in [6, 6.07) is 8.98. The predicted molar refractivity (Wildman–Crippen MR) is 82.6 cm³/mol. The third kappa shape index (κ3) is 2.94. The Morgan fingerprint density at radius 1 is 1.19 bits per heavy atom. The molecule has 2 atom stereocenters. The van der Waals surface area contributed by atoms with Crippen molar-refractivity contribution in [2.24, 2.45) is 5.41 Å². The molecule has 4 nitrogen and oxygen atoms in total. The first kappa shape index (κ1) is 15.5. The third-order valence-electron chi connectivity index (χ3n) is 3.90. The largest absolute Gasteiger partial charge is 0.336 e. The maximum Gasteiger partial charge on any atom is 0.253 e. The van der Waals surface area contributed by atoms with Crippen LogP contribution in [0.3, 0.4) is 0 Å². The van der Waals surface area contributed by atoms with E-state index < -0.39 is 11.6 Å². The van der Waals surface area contributed by atoms with Crippen LogP contribution in [0.25, 0.3) is 0 Å². The lowest BCUT2D eigenvalue weighted by Crippen LogP contribution is -2.67. The molecule has 0 aliphatic carbocycles. The van der Waals surface area contributed by atoms with E-state index >= 15 is 0 Å². The maximum absolute atomic E-state index is 13.0. The van der Waals surface area contributed by atoms with Crippen LogP contribution in [0, 0.1) is 5.41 Å². The first-order valence-electron chi connectivity index (χ1n) is 7.34. The molecule has 2 rings (SSSR count). The van der Waals surface area contributed by atoms with Crippen molar-refractivity contribution in [3.63, 3.8) is 0 Å². The molecule has 1 heterocycles. The average molecular weight is 288 g/mol. The van der Waals surface area contributed by atoms with Crippen molar-refractivity contribution in [3.8, 4) is 0 Å². The summed E-state index contributed by atoms with van der Waals surface area (Å²) in [6.45, 7) is 10.3. The Balaban J connectivity index is 2.41. The lowest BCUT2D eigenvalue weighted by atomic mass is 9.85. The van der Waals surface area contributed by atoms with E-state index in [1.165, 1.54) is 0 Å². The number of benzene rings is 1. The monoisotopic (exact) mass is 288 g/mol. The van der Waals surface area contributed by atoms with Gasteiger partial charge in [0, 0.05) is 6.54 Å². The summed E-state index contributed by atoms with van der Waals surface area (Å²) in [5.74, 6) is -0.152. The second-order valence-electron chi connectivity index (χ2n) is 7.15. The van der Waals surface area contributed by atoms with E-state index in [1.807, 2.05) is 30.3 Å². The second-order valence-corrected chi connectivity index (χ2v) is 7.15. The Bertz CT molecular complexity index is 548. The molecular formula is C17H24N2O2. The van der Waals surface area contributed by atoms with Crippen molar-refractivity contribution in [1.82, 2.24) is 10.2 Å². The first-order chi connectivity index (χ1) is 9.65. The van der Waals surface area contributed by atoms with Gasteiger partial charge in [-0.25, -0.2) is 0 Å². The number of rotatable bonds is 2. The van der Waals surface area contributed by atoms with Crippen molar-refractivity contribution in [2.75, 3.05) is 6.54 Å². The fraction of sp³-hybridized carbons (Fsp3) is 0.529. The van der Waals surface area contributed by atoms with E-state index in [4.69, 9.17) is 0 Å². The third-order valence-corrected chi connectivity index (χ3v) is 3.90. The number of piperazine rings is 1. The van der Waals surface area contributed by atoms with E-state index in [2.05, 4.69) is 26.1 Å². The van der Waals surface area contributed by atoms with E-state index in [0.29, 0.717) is 6.54 Å². The molecule has 21 heavy (non-hydrogen) atoms. The van der Waals surface area contributed by atoms with Crippen LogP contribution >= 0.6 is 0 Å². The summed E-state index contributed by atoms with van der Waals surface area (Å²) in [5.41, 5.74) is -0.232. The number of nitrogens with zero attached hydrogens (tertiary/aromatic N) is 1. The van der Waals surface area contributed by atoms with Crippen LogP contribution in [0.15, 0.2) is 30.3 Å². The molecule has 1 N–H and O–H groups in total. The van der Waals surface area contributed by atoms with Crippen molar-refractivity contribution in [1.29, 1.82) is 0 Å². The maximum atomic E-state index is 13.0. The highest BCUT2D eigenvalue weighted by atomic mass is 16.2. The number of amides is 2. The predicted octanol–water partition coefficient (Wildman–Crippen LogP) is 2.29. The minimum absolute atomic E-state index is 0.0456. The zero-order chi connectivity index (χ0) is 15.8. The van der Waals surface area contributed by atoms with Gasteiger partial charge in [0.15, 0.2) is 0 Å². The van der Waals surface area contributed by atoms with Crippen molar-refractivity contribution < 1.29 is 9.59 Å². The zero-order valence-electron chi connectivity index (χ0n) is 13.4. The van der Waals surface area contributed by atoms with Crippen LogP contribution in [0.1, 0.15) is 40.2 Å². The normalized spacial score (nSPS) is 26.7. The van der Waals surface area contributed by atoms with Crippen LogP contribution in [-0.4, -0.2) is 29.3 Å². The second kappa shape index (κ2) is 5.17. The van der Waals surface area contributed by atoms with Crippen molar-refractivity contribution in [2.45, 2.75) is 46.2 Å². The molecule has 1 aromatic carbocycles. The van der Waals surface area contributed by atoms with Gasteiger partial charge < -0.3 is 10.2 Å². The van der Waals surface area contributed by atoms with E-state index in [9.17, 15) is 9.59 Å². The van der Waals surface area contributed by atoms with Gasteiger partial charge in [0.05, 0.1) is 0 Å². The quantitative estimate of drug-likeness (QED) is 0.907. The highest BCUT2D eigenvalue weighted by Gasteiger charge is 2.48. The molecule has 0 spiro atoms. The van der Waals surface area contributed by atoms with Crippen LogP contribution in [0.5, 0.6) is 0 Å². The van der Waals surface area contributed by atoms with Gasteiger partial charge in [-0.15, -0.1) is 0 Å². The molecule has 2 unspecified atom stereocenters. The number of carbonyl (C=O) groups excluding carboxylic acids is 2. The summed E-state index contributed by atoms with van der Waals surface area (Å²) >= 11 is 0. The van der Waals surface area contributed by atoms with Crippen molar-refractivity contribution >= 4 is 11.8 Å². The minimum atomic E-state index is -0.990. The Morgan fingerprint density at radius 2 is 1.76 bits per heavy atom. The summed E-state index contributed by atoms with van der Waals surface area (Å²) in [4.78, 5) is 27.0. The SMILES string of the molecule is CC1C(=O)NC(C)(c2ccccc2)C(=O)N1CC(C)(C)C. The number of hydrogen-bond acceptors (Lipinski definition) is 2. The first-order valence-corrected chi connectivity index (χ1v) is 7.34. The van der Waals surface area contributed by atoms with Gasteiger partial charge in [-0.3, -0.25) is 9.59 Å². The summed E-state index contributed by atoms with van der Waals surface area (Å²) in [6.07, 6.45) is 0. The molecule has 114 valence electrons. The molecule has 1 fully saturated rings. The van der Waals surface area contributed by atoms with Gasteiger partial charge in [-0.05, 0) is 24.8 Å². The Labute approximate surface area is 126 Å². The lowest BCUT2D eigenvalue weighted by molar-refractivity contribution is -0.155. The van der Waals surface area contributed by atoms with E-state index in [0.717, 1.165) is 5.56 Å². The van der Waals surface area contributed by atoms with Crippen LogP contribution < -0.4 is 5.32 Å². The molecule has 0 radical (unpaired) electrons. The molecule has 4 heteroatoms. The topological polar surface area (TPSA) is 49.4 Å². The summed E-state index contributed by atoms with van der Waals surface area (Å²) in [5, 5.41) is 2.89.